The molecule has 1 unspecified atom stereocenters. The van der Waals surface area contributed by atoms with Gasteiger partial charge >= 0.3 is 5.97 Å². The van der Waals surface area contributed by atoms with E-state index in [-0.39, 0.29) is 12.1 Å². The maximum Gasteiger partial charge on any atom is 0.339 e. The molecule has 0 N–H and O–H groups in total. The predicted molar refractivity (Wildman–Crippen MR) is 81.9 cm³/mol. The molecule has 1 heterocycles. The van der Waals surface area contributed by atoms with Gasteiger partial charge in [0.15, 0.2) is 0 Å². The molecule has 1 atom stereocenters. The molecule has 0 aliphatic carbocycles. The summed E-state index contributed by atoms with van der Waals surface area (Å²) in [7, 11) is 0. The van der Waals surface area contributed by atoms with Crippen LogP contribution in [0.15, 0.2) is 40.9 Å². The third kappa shape index (κ3) is 2.38. The second-order valence-corrected chi connectivity index (χ2v) is 6.18. The molecule has 2 aromatic carbocycles. The van der Waals surface area contributed by atoms with E-state index in [0.717, 1.165) is 16.5 Å². The smallest absolute Gasteiger partial charge is 0.339 e. The quantitative estimate of drug-likeness (QED) is 0.756. The molecule has 1 aliphatic heterocycles. The van der Waals surface area contributed by atoms with E-state index in [9.17, 15) is 4.79 Å². The van der Waals surface area contributed by atoms with Crippen LogP contribution in [0.25, 0.3) is 0 Å². The van der Waals surface area contributed by atoms with E-state index in [4.69, 9.17) is 4.74 Å². The maximum absolute atomic E-state index is 11.9. The molecule has 0 aromatic heterocycles. The number of hydrogen-bond donors (Lipinski definition) is 0. The van der Waals surface area contributed by atoms with E-state index >= 15 is 0 Å². The number of carbonyl (C=O) groups excluding carboxylic acids is 1. The minimum atomic E-state index is -0.226. The highest BCUT2D eigenvalue weighted by molar-refractivity contribution is 9.10. The minimum absolute atomic E-state index is 0.174. The van der Waals surface area contributed by atoms with Gasteiger partial charge in [0.2, 0.25) is 0 Å². The Morgan fingerprint density at radius 3 is 2.70 bits per heavy atom. The zero-order chi connectivity index (χ0) is 14.3. The molecule has 0 saturated heterocycles. The molecule has 0 fully saturated rings. The fourth-order valence-corrected chi connectivity index (χ4v) is 3.03. The Morgan fingerprint density at radius 2 is 1.95 bits per heavy atom. The molecule has 102 valence electrons. The van der Waals surface area contributed by atoms with Crippen molar-refractivity contribution in [2.75, 3.05) is 0 Å². The number of esters is 1. The van der Waals surface area contributed by atoms with Gasteiger partial charge in [0.25, 0.3) is 0 Å². The van der Waals surface area contributed by atoms with Crippen molar-refractivity contribution < 1.29 is 9.53 Å². The SMILES string of the molecule is Cc1ccc(CC2OC(=O)c3cc(Br)ccc32)c(C)c1. The van der Waals surface area contributed by atoms with Gasteiger partial charge in [0.05, 0.1) is 5.56 Å². The van der Waals surface area contributed by atoms with Crippen LogP contribution < -0.4 is 0 Å². The standard InChI is InChI=1S/C17H15BrO2/c1-10-3-4-12(11(2)7-10)8-16-14-6-5-13(18)9-15(14)17(19)20-16/h3-7,9,16H,8H2,1-2H3. The van der Waals surface area contributed by atoms with Gasteiger partial charge in [0.1, 0.15) is 6.10 Å². The fourth-order valence-electron chi connectivity index (χ4n) is 2.67. The first-order valence-electron chi connectivity index (χ1n) is 6.61. The van der Waals surface area contributed by atoms with Gasteiger partial charge in [-0.25, -0.2) is 4.79 Å². The van der Waals surface area contributed by atoms with Crippen molar-refractivity contribution in [3.8, 4) is 0 Å². The first-order chi connectivity index (χ1) is 9.54. The summed E-state index contributed by atoms with van der Waals surface area (Å²) >= 11 is 3.39. The lowest BCUT2D eigenvalue weighted by molar-refractivity contribution is 0.0386. The van der Waals surface area contributed by atoms with Gasteiger partial charge in [-0.1, -0.05) is 45.8 Å². The Labute approximate surface area is 126 Å². The summed E-state index contributed by atoms with van der Waals surface area (Å²) in [5.41, 5.74) is 5.38. The van der Waals surface area contributed by atoms with Crippen LogP contribution in [-0.4, -0.2) is 5.97 Å². The summed E-state index contributed by atoms with van der Waals surface area (Å²) < 4.78 is 6.42. The van der Waals surface area contributed by atoms with Gasteiger partial charge in [-0.15, -0.1) is 0 Å². The fraction of sp³-hybridized carbons (Fsp3) is 0.235. The van der Waals surface area contributed by atoms with E-state index in [1.54, 1.807) is 0 Å². The second-order valence-electron chi connectivity index (χ2n) is 5.26. The molecule has 0 amide bonds. The van der Waals surface area contributed by atoms with Gasteiger partial charge in [0, 0.05) is 16.5 Å². The van der Waals surface area contributed by atoms with Crippen LogP contribution in [0.2, 0.25) is 0 Å². The van der Waals surface area contributed by atoms with E-state index in [0.29, 0.717) is 5.56 Å². The van der Waals surface area contributed by atoms with Crippen molar-refractivity contribution >= 4 is 21.9 Å². The van der Waals surface area contributed by atoms with Crippen molar-refractivity contribution in [2.24, 2.45) is 0 Å². The number of rotatable bonds is 2. The van der Waals surface area contributed by atoms with Crippen molar-refractivity contribution in [3.05, 3.63) is 68.7 Å². The number of cyclic esters (lactones) is 1. The van der Waals surface area contributed by atoms with Crippen molar-refractivity contribution in [2.45, 2.75) is 26.4 Å². The predicted octanol–water partition coefficient (Wildman–Crippen LogP) is 4.52. The van der Waals surface area contributed by atoms with E-state index in [1.807, 2.05) is 18.2 Å². The Balaban J connectivity index is 1.92. The Hall–Kier alpha value is -1.61. The number of benzene rings is 2. The lowest BCUT2D eigenvalue weighted by Gasteiger charge is -2.13. The summed E-state index contributed by atoms with van der Waals surface area (Å²) in [6.45, 7) is 4.18. The third-order valence-electron chi connectivity index (χ3n) is 3.73. The van der Waals surface area contributed by atoms with E-state index in [1.165, 1.54) is 16.7 Å². The molecular weight excluding hydrogens is 316 g/mol. The van der Waals surface area contributed by atoms with Gasteiger partial charge < -0.3 is 4.74 Å². The molecule has 3 heteroatoms. The van der Waals surface area contributed by atoms with E-state index < -0.39 is 0 Å². The zero-order valence-electron chi connectivity index (χ0n) is 11.4. The molecule has 2 aromatic rings. The summed E-state index contributed by atoms with van der Waals surface area (Å²) in [6.07, 6.45) is 0.555. The topological polar surface area (TPSA) is 26.3 Å². The van der Waals surface area contributed by atoms with Crippen LogP contribution in [0.4, 0.5) is 0 Å². The van der Waals surface area contributed by atoms with Gasteiger partial charge in [-0.05, 0) is 37.1 Å². The van der Waals surface area contributed by atoms with Crippen LogP contribution in [0.3, 0.4) is 0 Å². The van der Waals surface area contributed by atoms with Crippen molar-refractivity contribution in [1.29, 1.82) is 0 Å². The number of ether oxygens (including phenoxy) is 1. The van der Waals surface area contributed by atoms with Crippen molar-refractivity contribution in [1.82, 2.24) is 0 Å². The van der Waals surface area contributed by atoms with Gasteiger partial charge in [-0.3, -0.25) is 0 Å². The Kier molecular flexibility index (Phi) is 3.38. The number of hydrogen-bond acceptors (Lipinski definition) is 2. The Bertz CT molecular complexity index is 691. The highest BCUT2D eigenvalue weighted by Crippen LogP contribution is 2.35. The summed E-state index contributed by atoms with van der Waals surface area (Å²) in [5.74, 6) is -0.226. The average molecular weight is 331 g/mol. The molecular formula is C17H15BrO2. The lowest BCUT2D eigenvalue weighted by Crippen LogP contribution is -2.04. The molecule has 0 radical (unpaired) electrons. The average Bonchev–Trinajstić information content (AvgIpc) is 2.69. The van der Waals surface area contributed by atoms with Crippen LogP contribution in [0.5, 0.6) is 0 Å². The first kappa shape index (κ1) is 13.4. The molecule has 3 rings (SSSR count). The largest absolute Gasteiger partial charge is 0.454 e. The lowest BCUT2D eigenvalue weighted by atomic mass is 9.96. The second kappa shape index (κ2) is 5.06. The van der Waals surface area contributed by atoms with Crippen LogP contribution in [0, 0.1) is 13.8 Å². The zero-order valence-corrected chi connectivity index (χ0v) is 13.0. The van der Waals surface area contributed by atoms with Gasteiger partial charge in [-0.2, -0.15) is 0 Å². The summed E-state index contributed by atoms with van der Waals surface area (Å²) in [4.78, 5) is 11.9. The molecule has 0 spiro atoms. The highest BCUT2D eigenvalue weighted by atomic mass is 79.9. The van der Waals surface area contributed by atoms with Crippen molar-refractivity contribution in [3.63, 3.8) is 0 Å². The normalized spacial score (nSPS) is 16.9. The minimum Gasteiger partial charge on any atom is -0.454 e. The third-order valence-corrected chi connectivity index (χ3v) is 4.23. The van der Waals surface area contributed by atoms with Crippen LogP contribution >= 0.6 is 15.9 Å². The molecule has 2 nitrogen and oxygen atoms in total. The maximum atomic E-state index is 11.9. The monoisotopic (exact) mass is 330 g/mol. The van der Waals surface area contributed by atoms with E-state index in [2.05, 4.69) is 48.0 Å². The number of fused-ring (bicyclic) bond motifs is 1. The molecule has 20 heavy (non-hydrogen) atoms. The van der Waals surface area contributed by atoms with Crippen LogP contribution in [0.1, 0.15) is 38.7 Å². The first-order valence-corrected chi connectivity index (χ1v) is 7.40. The molecule has 1 aliphatic rings. The highest BCUT2D eigenvalue weighted by Gasteiger charge is 2.31. The summed E-state index contributed by atoms with van der Waals surface area (Å²) in [5, 5.41) is 0. The number of halogens is 1. The Morgan fingerprint density at radius 1 is 1.15 bits per heavy atom. The molecule has 0 bridgehead atoms. The number of carbonyl (C=O) groups is 1. The summed E-state index contributed by atoms with van der Waals surface area (Å²) in [6, 6.07) is 12.1. The van der Waals surface area contributed by atoms with Crippen LogP contribution in [-0.2, 0) is 11.2 Å². The number of aryl methyl sites for hydroxylation is 2. The molecule has 0 saturated carbocycles.